The lowest BCUT2D eigenvalue weighted by Gasteiger charge is -2.28. The molecule has 0 amide bonds. The molecule has 0 radical (unpaired) electrons. The summed E-state index contributed by atoms with van der Waals surface area (Å²) >= 11 is 0. The molecular formula is C13H25F3N2O. The molecule has 1 aliphatic heterocycles. The average Bonchev–Trinajstić information content (AvgIpc) is 2.58. The molecule has 3 nitrogen and oxygen atoms in total. The molecular weight excluding hydrogens is 257 g/mol. The van der Waals surface area contributed by atoms with Crippen molar-refractivity contribution in [3.05, 3.63) is 0 Å². The van der Waals surface area contributed by atoms with Crippen LogP contribution in [0.4, 0.5) is 13.2 Å². The number of hydrogen-bond donors (Lipinski definition) is 1. The summed E-state index contributed by atoms with van der Waals surface area (Å²) < 4.78 is 40.5. The van der Waals surface area contributed by atoms with Crippen molar-refractivity contribution in [2.45, 2.75) is 38.9 Å². The molecule has 0 aromatic carbocycles. The summed E-state index contributed by atoms with van der Waals surface area (Å²) in [6.07, 6.45) is -2.08. The van der Waals surface area contributed by atoms with E-state index in [1.807, 2.05) is 0 Å². The van der Waals surface area contributed by atoms with Gasteiger partial charge in [0.2, 0.25) is 0 Å². The van der Waals surface area contributed by atoms with E-state index in [0.29, 0.717) is 18.5 Å². The molecule has 1 fully saturated rings. The monoisotopic (exact) mass is 282 g/mol. The summed E-state index contributed by atoms with van der Waals surface area (Å²) in [5.41, 5.74) is 0. The van der Waals surface area contributed by atoms with Crippen molar-refractivity contribution in [3.63, 3.8) is 0 Å². The third-order valence-corrected chi connectivity index (χ3v) is 3.66. The normalized spacial score (nSPS) is 24.2. The Kier molecular flexibility index (Phi) is 7.10. The number of halogens is 3. The molecule has 114 valence electrons. The van der Waals surface area contributed by atoms with Crippen molar-refractivity contribution in [2.75, 3.05) is 39.4 Å². The van der Waals surface area contributed by atoms with E-state index in [2.05, 4.69) is 28.8 Å². The van der Waals surface area contributed by atoms with Crippen molar-refractivity contribution in [3.8, 4) is 0 Å². The van der Waals surface area contributed by atoms with Gasteiger partial charge >= 0.3 is 6.18 Å². The average molecular weight is 282 g/mol. The molecule has 1 rings (SSSR count). The van der Waals surface area contributed by atoms with E-state index in [1.54, 1.807) is 0 Å². The van der Waals surface area contributed by atoms with Gasteiger partial charge in [-0.05, 0) is 25.4 Å². The Morgan fingerprint density at radius 1 is 1.42 bits per heavy atom. The summed E-state index contributed by atoms with van der Waals surface area (Å²) in [5, 5.41) is 3.51. The molecule has 0 spiro atoms. The quantitative estimate of drug-likeness (QED) is 0.756. The second kappa shape index (κ2) is 8.07. The maximum atomic E-state index is 12.0. The second-order valence-corrected chi connectivity index (χ2v) is 5.27. The van der Waals surface area contributed by atoms with Gasteiger partial charge in [0, 0.05) is 19.1 Å². The van der Waals surface area contributed by atoms with Crippen LogP contribution in [-0.4, -0.2) is 56.5 Å². The van der Waals surface area contributed by atoms with Gasteiger partial charge in [0.05, 0.1) is 6.61 Å². The van der Waals surface area contributed by atoms with E-state index in [9.17, 15) is 13.2 Å². The summed E-state index contributed by atoms with van der Waals surface area (Å²) in [6, 6.07) is 0.426. The molecule has 1 N–H and O–H groups in total. The fraction of sp³-hybridized carbons (Fsp3) is 1.00. The van der Waals surface area contributed by atoms with E-state index in [1.165, 1.54) is 0 Å². The lowest BCUT2D eigenvalue weighted by molar-refractivity contribution is -0.174. The molecule has 1 saturated heterocycles. The Labute approximate surface area is 113 Å². The molecule has 0 aromatic rings. The topological polar surface area (TPSA) is 24.5 Å². The van der Waals surface area contributed by atoms with E-state index >= 15 is 0 Å². The second-order valence-electron chi connectivity index (χ2n) is 5.27. The number of rotatable bonds is 6. The Hall–Kier alpha value is -0.330. The number of hydrogen-bond acceptors (Lipinski definition) is 3. The fourth-order valence-electron chi connectivity index (χ4n) is 2.27. The molecule has 6 heteroatoms. The largest absolute Gasteiger partial charge is 0.411 e. The molecule has 2 atom stereocenters. The number of ether oxygens (including phenoxy) is 1. The minimum atomic E-state index is -4.22. The van der Waals surface area contributed by atoms with Crippen LogP contribution in [0.25, 0.3) is 0 Å². The van der Waals surface area contributed by atoms with Crippen LogP contribution in [-0.2, 0) is 4.74 Å². The Morgan fingerprint density at radius 2 is 2.16 bits per heavy atom. The van der Waals surface area contributed by atoms with Crippen molar-refractivity contribution in [1.82, 2.24) is 10.2 Å². The third kappa shape index (κ3) is 7.13. The molecule has 0 saturated carbocycles. The summed E-state index contributed by atoms with van der Waals surface area (Å²) in [4.78, 5) is 2.20. The van der Waals surface area contributed by atoms with Gasteiger partial charge in [0.1, 0.15) is 6.61 Å². The smallest absolute Gasteiger partial charge is 0.371 e. The Balaban J connectivity index is 2.27. The van der Waals surface area contributed by atoms with Crippen LogP contribution in [0, 0.1) is 5.92 Å². The van der Waals surface area contributed by atoms with Crippen molar-refractivity contribution < 1.29 is 17.9 Å². The molecule has 1 heterocycles. The van der Waals surface area contributed by atoms with Crippen molar-refractivity contribution >= 4 is 0 Å². The maximum absolute atomic E-state index is 12.0. The summed E-state index contributed by atoms with van der Waals surface area (Å²) in [5.74, 6) is 0.580. The molecule has 2 unspecified atom stereocenters. The SMILES string of the molecule is CCC(C)C1CN(CCOCC(F)(F)F)CCCN1. The highest BCUT2D eigenvalue weighted by molar-refractivity contribution is 4.80. The van der Waals surface area contributed by atoms with Gasteiger partial charge in [-0.15, -0.1) is 0 Å². The number of nitrogens with zero attached hydrogens (tertiary/aromatic N) is 1. The first-order valence-corrected chi connectivity index (χ1v) is 7.02. The first-order valence-electron chi connectivity index (χ1n) is 7.02. The molecule has 1 aliphatic rings. The lowest BCUT2D eigenvalue weighted by Crippen LogP contribution is -2.42. The predicted molar refractivity (Wildman–Crippen MR) is 69.2 cm³/mol. The van der Waals surface area contributed by atoms with Gasteiger partial charge in [0.15, 0.2) is 0 Å². The minimum absolute atomic E-state index is 0.146. The summed E-state index contributed by atoms with van der Waals surface area (Å²) in [7, 11) is 0. The van der Waals surface area contributed by atoms with Crippen LogP contribution >= 0.6 is 0 Å². The fourth-order valence-corrected chi connectivity index (χ4v) is 2.27. The predicted octanol–water partition coefficient (Wildman–Crippen LogP) is 2.28. The van der Waals surface area contributed by atoms with E-state index in [0.717, 1.165) is 32.5 Å². The van der Waals surface area contributed by atoms with E-state index in [-0.39, 0.29) is 6.61 Å². The Morgan fingerprint density at radius 3 is 2.79 bits per heavy atom. The van der Waals surface area contributed by atoms with Gasteiger partial charge in [0.25, 0.3) is 0 Å². The van der Waals surface area contributed by atoms with Crippen LogP contribution in [0.5, 0.6) is 0 Å². The van der Waals surface area contributed by atoms with Gasteiger partial charge in [-0.2, -0.15) is 13.2 Å². The molecule has 19 heavy (non-hydrogen) atoms. The van der Waals surface area contributed by atoms with Crippen LogP contribution in [0.15, 0.2) is 0 Å². The number of nitrogens with one attached hydrogen (secondary N) is 1. The highest BCUT2D eigenvalue weighted by Gasteiger charge is 2.27. The maximum Gasteiger partial charge on any atom is 0.411 e. The van der Waals surface area contributed by atoms with Crippen molar-refractivity contribution in [2.24, 2.45) is 5.92 Å². The summed E-state index contributed by atoms with van der Waals surface area (Å²) in [6.45, 7) is 6.75. The van der Waals surface area contributed by atoms with Crippen LogP contribution in [0.3, 0.4) is 0 Å². The van der Waals surface area contributed by atoms with Crippen LogP contribution < -0.4 is 5.32 Å². The molecule has 0 aliphatic carbocycles. The van der Waals surface area contributed by atoms with Gasteiger partial charge in [-0.3, -0.25) is 4.90 Å². The zero-order valence-electron chi connectivity index (χ0n) is 11.8. The standard InChI is InChI=1S/C13H25F3N2O/c1-3-11(2)12-9-18(6-4-5-17-12)7-8-19-10-13(14,15)16/h11-12,17H,3-10H2,1-2H3. The number of alkyl halides is 3. The Bertz CT molecular complexity index is 249. The third-order valence-electron chi connectivity index (χ3n) is 3.66. The molecule has 0 aromatic heterocycles. The first-order chi connectivity index (χ1) is 8.92. The highest BCUT2D eigenvalue weighted by atomic mass is 19.4. The molecule has 0 bridgehead atoms. The zero-order valence-corrected chi connectivity index (χ0v) is 11.8. The van der Waals surface area contributed by atoms with E-state index in [4.69, 9.17) is 0 Å². The first kappa shape index (κ1) is 16.7. The van der Waals surface area contributed by atoms with Crippen LogP contribution in [0.1, 0.15) is 26.7 Å². The highest BCUT2D eigenvalue weighted by Crippen LogP contribution is 2.15. The minimum Gasteiger partial charge on any atom is -0.371 e. The van der Waals surface area contributed by atoms with Gasteiger partial charge in [-0.1, -0.05) is 20.3 Å². The van der Waals surface area contributed by atoms with Crippen LogP contribution in [0.2, 0.25) is 0 Å². The lowest BCUT2D eigenvalue weighted by atomic mass is 9.99. The van der Waals surface area contributed by atoms with E-state index < -0.39 is 12.8 Å². The van der Waals surface area contributed by atoms with Gasteiger partial charge in [-0.25, -0.2) is 0 Å². The zero-order chi connectivity index (χ0) is 14.3. The van der Waals surface area contributed by atoms with Gasteiger partial charge < -0.3 is 10.1 Å². The van der Waals surface area contributed by atoms with Crippen molar-refractivity contribution in [1.29, 1.82) is 0 Å².